The van der Waals surface area contributed by atoms with E-state index in [9.17, 15) is 0 Å². The molecule has 1 aromatic heterocycles. The van der Waals surface area contributed by atoms with E-state index in [0.29, 0.717) is 23.5 Å². The molecule has 0 saturated carbocycles. The summed E-state index contributed by atoms with van der Waals surface area (Å²) in [6.45, 7) is 0.701. The molecule has 0 amide bonds. The lowest BCUT2D eigenvalue weighted by Gasteiger charge is -2.29. The topological polar surface area (TPSA) is 60.2 Å². The minimum Gasteiger partial charge on any atom is -0.373 e. The van der Waals surface area contributed by atoms with Crippen LogP contribution in [-0.2, 0) is 4.74 Å². The first-order valence-corrected chi connectivity index (χ1v) is 8.68. The first-order chi connectivity index (χ1) is 12.3. The minimum atomic E-state index is 0.0859. The van der Waals surface area contributed by atoms with Crippen molar-refractivity contribution in [3.8, 4) is 11.4 Å². The highest BCUT2D eigenvalue weighted by molar-refractivity contribution is 6.30. The van der Waals surface area contributed by atoms with E-state index in [1.54, 1.807) is 0 Å². The number of hydrogen-bond donors (Lipinski definition) is 1. The summed E-state index contributed by atoms with van der Waals surface area (Å²) in [5.41, 5.74) is 2.03. The summed E-state index contributed by atoms with van der Waals surface area (Å²) >= 11 is 6.02. The van der Waals surface area contributed by atoms with Crippen LogP contribution in [0, 0.1) is 0 Å². The predicted octanol–water partition coefficient (Wildman–Crippen LogP) is 4.72. The molecule has 0 aliphatic carbocycles. The Kier molecular flexibility index (Phi) is 4.68. The third kappa shape index (κ3) is 3.83. The van der Waals surface area contributed by atoms with Gasteiger partial charge in [0.1, 0.15) is 0 Å². The summed E-state index contributed by atoms with van der Waals surface area (Å²) in [5, 5.41) is 8.01. The summed E-state index contributed by atoms with van der Waals surface area (Å²) in [6.07, 6.45) is 1.85. The Bertz CT molecular complexity index is 837. The highest BCUT2D eigenvalue weighted by Gasteiger charge is 2.25. The number of nitrogens with one attached hydrogen (secondary N) is 1. The first kappa shape index (κ1) is 16.1. The molecule has 128 valence electrons. The highest BCUT2D eigenvalue weighted by Crippen LogP contribution is 2.30. The van der Waals surface area contributed by atoms with Crippen LogP contribution in [-0.4, -0.2) is 22.8 Å². The van der Waals surface area contributed by atoms with Gasteiger partial charge in [-0.05, 0) is 30.5 Å². The molecular weight excluding hydrogens is 338 g/mol. The van der Waals surface area contributed by atoms with Crippen molar-refractivity contribution in [3.05, 3.63) is 65.2 Å². The molecule has 1 aliphatic heterocycles. The lowest BCUT2D eigenvalue weighted by molar-refractivity contribution is 0.00941. The lowest BCUT2D eigenvalue weighted by Crippen LogP contribution is -2.30. The zero-order valence-electron chi connectivity index (χ0n) is 13.6. The molecule has 6 heteroatoms. The number of benzene rings is 2. The summed E-state index contributed by atoms with van der Waals surface area (Å²) in [7, 11) is 0. The van der Waals surface area contributed by atoms with Gasteiger partial charge in [-0.2, -0.15) is 4.98 Å². The molecule has 0 bridgehead atoms. The molecule has 1 aliphatic rings. The van der Waals surface area contributed by atoms with Gasteiger partial charge in [0.05, 0.1) is 6.10 Å². The molecule has 5 nitrogen and oxygen atoms in total. The molecule has 2 aromatic carbocycles. The van der Waals surface area contributed by atoms with Gasteiger partial charge in [0.2, 0.25) is 5.82 Å². The molecule has 4 rings (SSSR count). The molecule has 3 aromatic rings. The quantitative estimate of drug-likeness (QED) is 0.733. The number of nitrogens with zero attached hydrogens (tertiary/aromatic N) is 2. The molecule has 25 heavy (non-hydrogen) atoms. The fraction of sp³-hybridized carbons (Fsp3) is 0.263. The van der Waals surface area contributed by atoms with Gasteiger partial charge in [0.25, 0.3) is 0 Å². The normalized spacial score (nSPS) is 20.4. The monoisotopic (exact) mass is 355 g/mol. The summed E-state index contributed by atoms with van der Waals surface area (Å²) in [4.78, 5) is 4.43. The summed E-state index contributed by atoms with van der Waals surface area (Å²) in [6, 6.07) is 18.3. The van der Waals surface area contributed by atoms with Crippen molar-refractivity contribution >= 4 is 17.6 Å². The Morgan fingerprint density at radius 3 is 2.80 bits per heavy atom. The molecule has 2 unspecified atom stereocenters. The van der Waals surface area contributed by atoms with Gasteiger partial charge in [0, 0.05) is 23.2 Å². The van der Waals surface area contributed by atoms with Crippen LogP contribution in [0.25, 0.3) is 11.4 Å². The predicted molar refractivity (Wildman–Crippen MR) is 96.5 cm³/mol. The van der Waals surface area contributed by atoms with Crippen molar-refractivity contribution in [1.82, 2.24) is 10.1 Å². The number of ether oxygens (including phenoxy) is 1. The highest BCUT2D eigenvalue weighted by atomic mass is 35.5. The van der Waals surface area contributed by atoms with Gasteiger partial charge >= 0.3 is 6.01 Å². The Morgan fingerprint density at radius 1 is 1.08 bits per heavy atom. The second-order valence-corrected chi connectivity index (χ2v) is 6.51. The van der Waals surface area contributed by atoms with E-state index in [4.69, 9.17) is 20.9 Å². The average molecular weight is 356 g/mol. The molecule has 2 atom stereocenters. The number of aromatic nitrogens is 2. The van der Waals surface area contributed by atoms with Crippen LogP contribution in [0.5, 0.6) is 0 Å². The van der Waals surface area contributed by atoms with E-state index in [0.717, 1.165) is 18.4 Å². The van der Waals surface area contributed by atoms with E-state index < -0.39 is 0 Å². The van der Waals surface area contributed by atoms with Crippen molar-refractivity contribution < 1.29 is 9.26 Å². The van der Waals surface area contributed by atoms with Gasteiger partial charge < -0.3 is 14.6 Å². The molecule has 0 radical (unpaired) electrons. The third-order valence-corrected chi connectivity index (χ3v) is 4.53. The van der Waals surface area contributed by atoms with Gasteiger partial charge in [-0.3, -0.25) is 0 Å². The lowest BCUT2D eigenvalue weighted by atomic mass is 9.98. The molecular formula is C19H18ClN3O2. The van der Waals surface area contributed by atoms with Gasteiger partial charge in [0.15, 0.2) is 0 Å². The fourth-order valence-electron chi connectivity index (χ4n) is 3.03. The van der Waals surface area contributed by atoms with Crippen molar-refractivity contribution in [2.75, 3.05) is 11.9 Å². The van der Waals surface area contributed by atoms with E-state index in [1.807, 2.05) is 42.5 Å². The van der Waals surface area contributed by atoms with Crippen LogP contribution in [0.4, 0.5) is 6.01 Å². The van der Waals surface area contributed by atoms with E-state index in [1.165, 1.54) is 5.56 Å². The maximum absolute atomic E-state index is 6.02. The Labute approximate surface area is 151 Å². The van der Waals surface area contributed by atoms with Crippen LogP contribution in [0.15, 0.2) is 59.1 Å². The van der Waals surface area contributed by atoms with Crippen LogP contribution in [0.2, 0.25) is 5.02 Å². The minimum absolute atomic E-state index is 0.0859. The number of hydrogen-bond acceptors (Lipinski definition) is 5. The van der Waals surface area contributed by atoms with E-state index >= 15 is 0 Å². The summed E-state index contributed by atoms with van der Waals surface area (Å²) < 4.78 is 11.2. The maximum atomic E-state index is 6.02. The molecule has 0 spiro atoms. The Morgan fingerprint density at radius 2 is 1.96 bits per heavy atom. The number of halogens is 1. The molecule has 1 fully saturated rings. The van der Waals surface area contributed by atoms with E-state index in [2.05, 4.69) is 27.6 Å². The largest absolute Gasteiger partial charge is 0.373 e. The van der Waals surface area contributed by atoms with Crippen LogP contribution in [0.3, 0.4) is 0 Å². The van der Waals surface area contributed by atoms with Gasteiger partial charge in [-0.1, -0.05) is 59.2 Å². The van der Waals surface area contributed by atoms with Gasteiger partial charge in [-0.15, -0.1) is 0 Å². The second kappa shape index (κ2) is 7.25. The number of anilines is 1. The SMILES string of the molecule is Clc1cccc(-c2noc(NC3CCOC(c4ccccc4)C3)n2)c1. The first-order valence-electron chi connectivity index (χ1n) is 8.31. The zero-order valence-corrected chi connectivity index (χ0v) is 14.3. The molecule has 1 saturated heterocycles. The Balaban J connectivity index is 1.44. The smallest absolute Gasteiger partial charge is 0.322 e. The van der Waals surface area contributed by atoms with Crippen LogP contribution in [0.1, 0.15) is 24.5 Å². The van der Waals surface area contributed by atoms with Gasteiger partial charge in [-0.25, -0.2) is 0 Å². The maximum Gasteiger partial charge on any atom is 0.322 e. The number of rotatable bonds is 4. The second-order valence-electron chi connectivity index (χ2n) is 6.07. The summed E-state index contributed by atoms with van der Waals surface area (Å²) in [5.74, 6) is 0.525. The fourth-order valence-corrected chi connectivity index (χ4v) is 3.22. The van der Waals surface area contributed by atoms with Crippen molar-refractivity contribution in [1.29, 1.82) is 0 Å². The van der Waals surface area contributed by atoms with Crippen molar-refractivity contribution in [2.45, 2.75) is 25.0 Å². The standard InChI is InChI=1S/C19H18ClN3O2/c20-15-8-4-7-14(11-15)18-22-19(25-23-18)21-16-9-10-24-17(12-16)13-5-2-1-3-6-13/h1-8,11,16-17H,9-10,12H2,(H,21,22,23). The van der Waals surface area contributed by atoms with Crippen molar-refractivity contribution in [2.24, 2.45) is 0 Å². The van der Waals surface area contributed by atoms with Crippen molar-refractivity contribution in [3.63, 3.8) is 0 Å². The zero-order chi connectivity index (χ0) is 17.1. The van der Waals surface area contributed by atoms with Crippen LogP contribution < -0.4 is 5.32 Å². The molecule has 1 N–H and O–H groups in total. The third-order valence-electron chi connectivity index (χ3n) is 4.29. The Hall–Kier alpha value is -2.37. The van der Waals surface area contributed by atoms with Crippen LogP contribution >= 0.6 is 11.6 Å². The average Bonchev–Trinajstić information content (AvgIpc) is 3.11. The van der Waals surface area contributed by atoms with E-state index in [-0.39, 0.29) is 12.1 Å². The molecule has 2 heterocycles.